The Balaban J connectivity index is 0.00000361. The van der Waals surface area contributed by atoms with Crippen molar-refractivity contribution in [3.63, 3.8) is 0 Å². The Kier molecular flexibility index (Phi) is 5.99. The molecule has 6 heteroatoms. The van der Waals surface area contributed by atoms with Crippen molar-refractivity contribution in [1.82, 2.24) is 0 Å². The van der Waals surface area contributed by atoms with Gasteiger partial charge in [0.05, 0.1) is 7.11 Å². The molecule has 1 aromatic carbocycles. The monoisotopic (exact) mass is 305 g/mol. The summed E-state index contributed by atoms with van der Waals surface area (Å²) in [5.74, 6) is -1.59. The van der Waals surface area contributed by atoms with Crippen molar-refractivity contribution in [3.05, 3.63) is 29.6 Å². The number of methoxy groups -OCH3 is 1. The fourth-order valence-electron chi connectivity index (χ4n) is 2.11. The largest absolute Gasteiger partial charge is 0.497 e. The van der Waals surface area contributed by atoms with Crippen LogP contribution in [0.4, 0.5) is 4.39 Å². The van der Waals surface area contributed by atoms with Crippen LogP contribution >= 0.6 is 12.4 Å². The molecule has 1 rings (SSSR count). The number of halogens is 2. The predicted molar refractivity (Wildman–Crippen MR) is 77.8 cm³/mol. The quantitative estimate of drug-likeness (QED) is 0.897. The van der Waals surface area contributed by atoms with Gasteiger partial charge in [0, 0.05) is 11.6 Å². The number of aliphatic carboxylic acids is 1. The van der Waals surface area contributed by atoms with Gasteiger partial charge in [-0.3, -0.25) is 0 Å². The molecule has 0 aliphatic carbocycles. The molecule has 0 saturated carbocycles. The molecule has 0 radical (unpaired) electrons. The SMILES string of the molecule is COc1ccc(C(N)(CC(C)(C)C)C(=O)O)c(F)c1.Cl. The maximum Gasteiger partial charge on any atom is 0.328 e. The molecule has 3 N–H and O–H groups in total. The molecular formula is C14H21ClFNO3. The van der Waals surface area contributed by atoms with Gasteiger partial charge in [0.2, 0.25) is 0 Å². The van der Waals surface area contributed by atoms with Crippen LogP contribution in [0.3, 0.4) is 0 Å². The lowest BCUT2D eigenvalue weighted by molar-refractivity contribution is -0.145. The van der Waals surface area contributed by atoms with Crippen molar-refractivity contribution in [3.8, 4) is 5.75 Å². The molecule has 20 heavy (non-hydrogen) atoms. The van der Waals surface area contributed by atoms with Gasteiger partial charge in [0.25, 0.3) is 0 Å². The highest BCUT2D eigenvalue weighted by molar-refractivity contribution is 5.85. The van der Waals surface area contributed by atoms with Gasteiger partial charge in [-0.1, -0.05) is 20.8 Å². The molecule has 1 aromatic rings. The molecule has 0 fully saturated rings. The maximum absolute atomic E-state index is 14.0. The Bertz CT molecular complexity index is 488. The Labute approximate surface area is 124 Å². The summed E-state index contributed by atoms with van der Waals surface area (Å²) in [4.78, 5) is 11.5. The first-order chi connectivity index (χ1) is 8.60. The van der Waals surface area contributed by atoms with Crippen molar-refractivity contribution in [2.75, 3.05) is 7.11 Å². The van der Waals surface area contributed by atoms with Crippen LogP contribution in [0.25, 0.3) is 0 Å². The van der Waals surface area contributed by atoms with Gasteiger partial charge in [-0.25, -0.2) is 9.18 Å². The fraction of sp³-hybridized carbons (Fsp3) is 0.500. The minimum Gasteiger partial charge on any atom is -0.497 e. The summed E-state index contributed by atoms with van der Waals surface area (Å²) < 4.78 is 18.9. The van der Waals surface area contributed by atoms with Crippen molar-refractivity contribution in [2.45, 2.75) is 32.7 Å². The first kappa shape index (κ1) is 18.7. The zero-order chi connectivity index (χ0) is 14.8. The van der Waals surface area contributed by atoms with Crippen LogP contribution in [0.1, 0.15) is 32.8 Å². The second kappa shape index (κ2) is 6.41. The smallest absolute Gasteiger partial charge is 0.328 e. The summed E-state index contributed by atoms with van der Waals surface area (Å²) in [7, 11) is 1.41. The third-order valence-corrected chi connectivity index (χ3v) is 2.85. The first-order valence-electron chi connectivity index (χ1n) is 5.96. The summed E-state index contributed by atoms with van der Waals surface area (Å²) >= 11 is 0. The van der Waals surface area contributed by atoms with Gasteiger partial charge in [0.15, 0.2) is 0 Å². The van der Waals surface area contributed by atoms with E-state index in [-0.39, 0.29) is 29.8 Å². The van der Waals surface area contributed by atoms with E-state index in [1.807, 2.05) is 20.8 Å². The predicted octanol–water partition coefficient (Wildman–Crippen LogP) is 2.93. The molecule has 0 spiro atoms. The first-order valence-corrected chi connectivity index (χ1v) is 5.96. The summed E-state index contributed by atoms with van der Waals surface area (Å²) in [6.45, 7) is 5.58. The Morgan fingerprint density at radius 3 is 2.30 bits per heavy atom. The second-order valence-corrected chi connectivity index (χ2v) is 5.86. The summed E-state index contributed by atoms with van der Waals surface area (Å²) in [5.41, 5.74) is 3.83. The van der Waals surface area contributed by atoms with Crippen LogP contribution < -0.4 is 10.5 Å². The number of hydrogen-bond donors (Lipinski definition) is 2. The molecule has 0 saturated heterocycles. The van der Waals surface area contributed by atoms with Gasteiger partial charge >= 0.3 is 5.97 Å². The van der Waals surface area contributed by atoms with E-state index >= 15 is 0 Å². The van der Waals surface area contributed by atoms with Gasteiger partial charge in [-0.05, 0) is 24.0 Å². The van der Waals surface area contributed by atoms with Crippen molar-refractivity contribution in [2.24, 2.45) is 11.1 Å². The second-order valence-electron chi connectivity index (χ2n) is 5.86. The van der Waals surface area contributed by atoms with Gasteiger partial charge < -0.3 is 15.6 Å². The molecule has 0 aliphatic heterocycles. The topological polar surface area (TPSA) is 72.5 Å². The van der Waals surface area contributed by atoms with Crippen LogP contribution in [0, 0.1) is 11.2 Å². The average molecular weight is 306 g/mol. The summed E-state index contributed by atoms with van der Waals surface area (Å²) in [6.07, 6.45) is 0.124. The third kappa shape index (κ3) is 4.08. The molecule has 1 atom stereocenters. The number of carboxylic acid groups (broad SMARTS) is 1. The lowest BCUT2D eigenvalue weighted by Crippen LogP contribution is -2.48. The molecule has 4 nitrogen and oxygen atoms in total. The number of hydrogen-bond acceptors (Lipinski definition) is 3. The highest BCUT2D eigenvalue weighted by atomic mass is 35.5. The van der Waals surface area contributed by atoms with E-state index in [0.29, 0.717) is 5.75 Å². The van der Waals surface area contributed by atoms with E-state index < -0.39 is 17.3 Å². The van der Waals surface area contributed by atoms with E-state index in [9.17, 15) is 14.3 Å². The molecule has 0 heterocycles. The number of nitrogens with two attached hydrogens (primary N) is 1. The van der Waals surface area contributed by atoms with Crippen LogP contribution in [-0.2, 0) is 10.3 Å². The Morgan fingerprint density at radius 2 is 1.95 bits per heavy atom. The zero-order valence-corrected chi connectivity index (χ0v) is 12.9. The molecule has 0 amide bonds. The normalized spacial score (nSPS) is 14.1. The molecule has 0 bridgehead atoms. The van der Waals surface area contributed by atoms with Crippen LogP contribution in [0.15, 0.2) is 18.2 Å². The van der Waals surface area contributed by atoms with E-state index in [1.54, 1.807) is 0 Å². The number of benzene rings is 1. The molecule has 0 aliphatic rings. The Morgan fingerprint density at radius 1 is 1.40 bits per heavy atom. The lowest BCUT2D eigenvalue weighted by atomic mass is 9.76. The van der Waals surface area contributed by atoms with Gasteiger partial charge in [-0.2, -0.15) is 0 Å². The molecule has 0 aromatic heterocycles. The summed E-state index contributed by atoms with van der Waals surface area (Å²) in [6, 6.07) is 4.02. The number of carbonyl (C=O) groups is 1. The minimum atomic E-state index is -1.76. The fourth-order valence-corrected chi connectivity index (χ4v) is 2.11. The molecule has 1 unspecified atom stereocenters. The molecule has 114 valence electrons. The number of ether oxygens (including phenoxy) is 1. The highest BCUT2D eigenvalue weighted by Crippen LogP contribution is 2.35. The van der Waals surface area contributed by atoms with Crippen LogP contribution in [0.2, 0.25) is 0 Å². The number of carboxylic acids is 1. The van der Waals surface area contributed by atoms with Gasteiger partial charge in [-0.15, -0.1) is 12.4 Å². The standard InChI is InChI=1S/C14H20FNO3.ClH/c1-13(2,3)8-14(16,12(17)18)10-6-5-9(19-4)7-11(10)15;/h5-7H,8,16H2,1-4H3,(H,17,18);1H. The van der Waals surface area contributed by atoms with E-state index in [0.717, 1.165) is 6.07 Å². The lowest BCUT2D eigenvalue weighted by Gasteiger charge is -2.32. The van der Waals surface area contributed by atoms with E-state index in [1.165, 1.54) is 19.2 Å². The highest BCUT2D eigenvalue weighted by Gasteiger charge is 2.41. The van der Waals surface area contributed by atoms with Crippen LogP contribution in [-0.4, -0.2) is 18.2 Å². The Hall–Kier alpha value is -1.33. The maximum atomic E-state index is 14.0. The minimum absolute atomic E-state index is 0. The van der Waals surface area contributed by atoms with Crippen LogP contribution in [0.5, 0.6) is 5.75 Å². The van der Waals surface area contributed by atoms with Crippen molar-refractivity contribution < 1.29 is 19.0 Å². The average Bonchev–Trinajstić information content (AvgIpc) is 2.25. The van der Waals surface area contributed by atoms with Gasteiger partial charge in [0.1, 0.15) is 17.1 Å². The molecular weight excluding hydrogens is 285 g/mol. The van der Waals surface area contributed by atoms with E-state index in [4.69, 9.17) is 10.5 Å². The van der Waals surface area contributed by atoms with Crippen molar-refractivity contribution in [1.29, 1.82) is 0 Å². The zero-order valence-electron chi connectivity index (χ0n) is 12.1. The third-order valence-electron chi connectivity index (χ3n) is 2.85. The van der Waals surface area contributed by atoms with E-state index in [2.05, 4.69) is 0 Å². The van der Waals surface area contributed by atoms with Crippen molar-refractivity contribution >= 4 is 18.4 Å². The summed E-state index contributed by atoms with van der Waals surface area (Å²) in [5, 5.41) is 9.38. The number of rotatable bonds is 4.